The molecule has 3 aromatic carbocycles. The molecule has 3 rings (SSSR count). The lowest BCUT2D eigenvalue weighted by Gasteiger charge is -2.18. The number of benzene rings is 3. The molecule has 146 valence electrons. The van der Waals surface area contributed by atoms with E-state index in [0.717, 1.165) is 11.6 Å². The Morgan fingerprint density at radius 2 is 1.64 bits per heavy atom. The van der Waals surface area contributed by atoms with Crippen molar-refractivity contribution >= 4 is 28.1 Å². The van der Waals surface area contributed by atoms with E-state index in [-0.39, 0.29) is 11.6 Å². The molecule has 0 atom stereocenters. The number of anilines is 2. The summed E-state index contributed by atoms with van der Waals surface area (Å²) >= 11 is 0. The van der Waals surface area contributed by atoms with Gasteiger partial charge in [-0.15, -0.1) is 0 Å². The number of alkyl halides is 3. The van der Waals surface area contributed by atoms with Crippen molar-refractivity contribution in [2.24, 2.45) is 0 Å². The number of nitrogens with one attached hydrogen (secondary N) is 1. The molecule has 0 bridgehead atoms. The number of aryl methyl sites for hydroxylation is 1. The smallest absolute Gasteiger partial charge is 0.353 e. The summed E-state index contributed by atoms with van der Waals surface area (Å²) in [4.78, 5) is 14.0. The molecular formula is C21H18F4N2O. The third-order valence-corrected chi connectivity index (χ3v) is 4.46. The van der Waals surface area contributed by atoms with Gasteiger partial charge in [0.25, 0.3) is 5.91 Å². The lowest BCUT2D eigenvalue weighted by molar-refractivity contribution is -0.139. The molecule has 1 N–H and O–H groups in total. The van der Waals surface area contributed by atoms with Gasteiger partial charge in [-0.25, -0.2) is 4.39 Å². The summed E-state index contributed by atoms with van der Waals surface area (Å²) in [7, 11) is 3.27. The SMILES string of the molecule is Cc1cccc2c(Nc3cccc(C(F)(F)F)c3F)ccc(C(=O)N(C)C)c12. The molecule has 0 saturated heterocycles. The van der Waals surface area contributed by atoms with Gasteiger partial charge in [0.2, 0.25) is 0 Å². The molecule has 0 aliphatic carbocycles. The summed E-state index contributed by atoms with van der Waals surface area (Å²) in [5.74, 6) is -1.57. The second-order valence-electron chi connectivity index (χ2n) is 6.65. The molecule has 0 radical (unpaired) electrons. The van der Waals surface area contributed by atoms with Crippen LogP contribution in [0.15, 0.2) is 48.5 Å². The van der Waals surface area contributed by atoms with Crippen molar-refractivity contribution in [3.8, 4) is 0 Å². The summed E-state index contributed by atoms with van der Waals surface area (Å²) in [6.07, 6.45) is -4.79. The number of halogens is 4. The molecule has 1 amide bonds. The molecule has 0 aromatic heterocycles. The van der Waals surface area contributed by atoms with Crippen LogP contribution in [0.4, 0.5) is 28.9 Å². The van der Waals surface area contributed by atoms with E-state index in [1.165, 1.54) is 11.0 Å². The molecule has 7 heteroatoms. The van der Waals surface area contributed by atoms with Crippen molar-refractivity contribution in [3.63, 3.8) is 0 Å². The number of hydrogen-bond acceptors (Lipinski definition) is 2. The molecule has 0 fully saturated rings. The van der Waals surface area contributed by atoms with Gasteiger partial charge in [0, 0.05) is 30.7 Å². The first-order valence-corrected chi connectivity index (χ1v) is 8.48. The van der Waals surface area contributed by atoms with Crippen molar-refractivity contribution in [2.45, 2.75) is 13.1 Å². The second kappa shape index (κ2) is 7.14. The van der Waals surface area contributed by atoms with Crippen molar-refractivity contribution in [1.82, 2.24) is 4.90 Å². The van der Waals surface area contributed by atoms with Crippen molar-refractivity contribution in [1.29, 1.82) is 0 Å². The van der Waals surface area contributed by atoms with E-state index >= 15 is 0 Å². The maximum atomic E-state index is 14.4. The molecule has 0 heterocycles. The highest BCUT2D eigenvalue weighted by Gasteiger charge is 2.35. The molecule has 0 aliphatic heterocycles. The van der Waals surface area contributed by atoms with E-state index in [0.29, 0.717) is 28.1 Å². The molecule has 0 saturated carbocycles. The Labute approximate surface area is 159 Å². The fraction of sp³-hybridized carbons (Fsp3) is 0.190. The fourth-order valence-corrected chi connectivity index (χ4v) is 3.11. The molecular weight excluding hydrogens is 372 g/mol. The van der Waals surface area contributed by atoms with Crippen LogP contribution < -0.4 is 5.32 Å². The van der Waals surface area contributed by atoms with Crippen LogP contribution in [-0.4, -0.2) is 24.9 Å². The zero-order valence-corrected chi connectivity index (χ0v) is 15.5. The van der Waals surface area contributed by atoms with Gasteiger partial charge in [-0.2, -0.15) is 13.2 Å². The summed E-state index contributed by atoms with van der Waals surface area (Å²) in [5.41, 5.74) is 0.0815. The van der Waals surface area contributed by atoms with Gasteiger partial charge in [-0.1, -0.05) is 24.3 Å². The first kappa shape index (κ1) is 19.7. The van der Waals surface area contributed by atoms with Crippen molar-refractivity contribution < 1.29 is 22.4 Å². The standard InChI is InChI=1S/C21H18F4N2O/c1-12-6-4-7-13-16(11-10-14(18(12)13)20(28)27(2)3)26-17-9-5-8-15(19(17)22)21(23,24)25/h4-11,26H,1-3H3. The predicted molar refractivity (Wildman–Crippen MR) is 101 cm³/mol. The number of nitrogens with zero attached hydrogens (tertiary/aromatic N) is 1. The average Bonchev–Trinajstić information content (AvgIpc) is 2.62. The largest absolute Gasteiger partial charge is 0.419 e. The lowest BCUT2D eigenvalue weighted by atomic mass is 9.97. The molecule has 3 aromatic rings. The Morgan fingerprint density at radius 3 is 2.29 bits per heavy atom. The summed E-state index contributed by atoms with van der Waals surface area (Å²) in [6.45, 7) is 1.84. The highest BCUT2D eigenvalue weighted by Crippen LogP contribution is 2.36. The maximum absolute atomic E-state index is 14.4. The Morgan fingerprint density at radius 1 is 0.964 bits per heavy atom. The molecule has 0 unspecified atom stereocenters. The van der Waals surface area contributed by atoms with Crippen LogP contribution in [-0.2, 0) is 6.18 Å². The highest BCUT2D eigenvalue weighted by atomic mass is 19.4. The number of rotatable bonds is 3. The van der Waals surface area contributed by atoms with E-state index in [1.54, 1.807) is 38.4 Å². The van der Waals surface area contributed by atoms with Gasteiger partial charge in [0.15, 0.2) is 5.82 Å². The van der Waals surface area contributed by atoms with Crippen LogP contribution in [0.3, 0.4) is 0 Å². The Balaban J connectivity index is 2.16. The Kier molecular flexibility index (Phi) is 5.02. The van der Waals surface area contributed by atoms with Gasteiger partial charge in [0.05, 0.1) is 11.3 Å². The normalized spacial score (nSPS) is 11.5. The first-order valence-electron chi connectivity index (χ1n) is 8.48. The van der Waals surface area contributed by atoms with Gasteiger partial charge in [-0.05, 0) is 42.1 Å². The van der Waals surface area contributed by atoms with E-state index in [1.807, 2.05) is 13.0 Å². The summed E-state index contributed by atoms with van der Waals surface area (Å²) < 4.78 is 53.3. The summed E-state index contributed by atoms with van der Waals surface area (Å²) in [5, 5.41) is 4.03. The van der Waals surface area contributed by atoms with E-state index in [2.05, 4.69) is 5.32 Å². The minimum Gasteiger partial charge on any atom is -0.353 e. The van der Waals surface area contributed by atoms with Crippen LogP contribution in [0.1, 0.15) is 21.5 Å². The fourth-order valence-electron chi connectivity index (χ4n) is 3.11. The zero-order chi connectivity index (χ0) is 20.6. The molecule has 28 heavy (non-hydrogen) atoms. The van der Waals surface area contributed by atoms with Crippen LogP contribution in [0, 0.1) is 12.7 Å². The number of amides is 1. The highest BCUT2D eigenvalue weighted by molar-refractivity contribution is 6.11. The Hall–Kier alpha value is -3.09. The van der Waals surface area contributed by atoms with Crippen LogP contribution in [0.25, 0.3) is 10.8 Å². The monoisotopic (exact) mass is 390 g/mol. The molecule has 0 spiro atoms. The molecule has 3 nitrogen and oxygen atoms in total. The minimum atomic E-state index is -4.79. The minimum absolute atomic E-state index is 0.198. The lowest BCUT2D eigenvalue weighted by Crippen LogP contribution is -2.22. The number of fused-ring (bicyclic) bond motifs is 1. The van der Waals surface area contributed by atoms with Gasteiger partial charge >= 0.3 is 6.18 Å². The Bertz CT molecular complexity index is 1060. The summed E-state index contributed by atoms with van der Waals surface area (Å²) in [6, 6.07) is 11.6. The van der Waals surface area contributed by atoms with Crippen LogP contribution >= 0.6 is 0 Å². The average molecular weight is 390 g/mol. The quantitative estimate of drug-likeness (QED) is 0.578. The van der Waals surface area contributed by atoms with E-state index in [9.17, 15) is 22.4 Å². The maximum Gasteiger partial charge on any atom is 0.419 e. The predicted octanol–water partition coefficient (Wildman–Crippen LogP) is 5.75. The van der Waals surface area contributed by atoms with E-state index in [4.69, 9.17) is 0 Å². The number of carbonyl (C=O) groups excluding carboxylic acids is 1. The first-order chi connectivity index (χ1) is 13.1. The number of carbonyl (C=O) groups is 1. The topological polar surface area (TPSA) is 32.3 Å². The van der Waals surface area contributed by atoms with Crippen LogP contribution in [0.5, 0.6) is 0 Å². The van der Waals surface area contributed by atoms with Crippen molar-refractivity contribution in [3.05, 3.63) is 71.0 Å². The zero-order valence-electron chi connectivity index (χ0n) is 15.5. The third kappa shape index (κ3) is 3.52. The molecule has 0 aliphatic rings. The third-order valence-electron chi connectivity index (χ3n) is 4.46. The van der Waals surface area contributed by atoms with Gasteiger partial charge in [-0.3, -0.25) is 4.79 Å². The van der Waals surface area contributed by atoms with E-state index < -0.39 is 17.6 Å². The second-order valence-corrected chi connectivity index (χ2v) is 6.65. The van der Waals surface area contributed by atoms with Gasteiger partial charge in [0.1, 0.15) is 0 Å². The number of hydrogen-bond donors (Lipinski definition) is 1. The van der Waals surface area contributed by atoms with Crippen molar-refractivity contribution in [2.75, 3.05) is 19.4 Å². The van der Waals surface area contributed by atoms with Gasteiger partial charge < -0.3 is 10.2 Å². The van der Waals surface area contributed by atoms with Crippen LogP contribution in [0.2, 0.25) is 0 Å².